The van der Waals surface area contributed by atoms with Crippen LogP contribution in [-0.4, -0.2) is 15.5 Å². The largest absolute Gasteiger partial charge is 0.399 e. The number of benzene rings is 1. The van der Waals surface area contributed by atoms with Gasteiger partial charge in [0.1, 0.15) is 0 Å². The van der Waals surface area contributed by atoms with Crippen molar-refractivity contribution >= 4 is 23.9 Å². The molecule has 154 valence electrons. The Kier molecular flexibility index (Phi) is 5.92. The molecule has 1 aromatic carbocycles. The van der Waals surface area contributed by atoms with Crippen molar-refractivity contribution in [3.05, 3.63) is 107 Å². The highest BCUT2D eigenvalue weighted by molar-refractivity contribution is 5.72. The first-order valence-electron chi connectivity index (χ1n) is 10.3. The van der Waals surface area contributed by atoms with Crippen molar-refractivity contribution in [3.63, 3.8) is 0 Å². The van der Waals surface area contributed by atoms with E-state index in [1.807, 2.05) is 67.8 Å². The van der Waals surface area contributed by atoms with Gasteiger partial charge in [-0.05, 0) is 72.0 Å². The van der Waals surface area contributed by atoms with E-state index < -0.39 is 0 Å². The van der Waals surface area contributed by atoms with Crippen LogP contribution < -0.4 is 11.5 Å². The van der Waals surface area contributed by atoms with E-state index in [0.29, 0.717) is 0 Å². The van der Waals surface area contributed by atoms with Crippen molar-refractivity contribution in [1.29, 1.82) is 0 Å². The van der Waals surface area contributed by atoms with Crippen molar-refractivity contribution in [3.8, 4) is 11.4 Å². The molecule has 0 aliphatic heterocycles. The third-order valence-electron chi connectivity index (χ3n) is 5.14. The number of allylic oxidation sites excluding steroid dienone is 3. The van der Waals surface area contributed by atoms with Crippen molar-refractivity contribution < 1.29 is 0 Å². The Morgan fingerprint density at radius 1 is 0.806 bits per heavy atom. The summed E-state index contributed by atoms with van der Waals surface area (Å²) in [6.07, 6.45) is 19.1. The average molecular weight is 407 g/mol. The van der Waals surface area contributed by atoms with E-state index in [1.165, 1.54) is 0 Å². The Balaban J connectivity index is 1.51. The molecule has 0 bridgehead atoms. The summed E-state index contributed by atoms with van der Waals surface area (Å²) < 4.78 is 0. The summed E-state index contributed by atoms with van der Waals surface area (Å²) in [4.78, 5) is 9.02. The maximum atomic E-state index is 6.12. The van der Waals surface area contributed by atoms with Gasteiger partial charge in [-0.2, -0.15) is 0 Å². The highest BCUT2D eigenvalue weighted by atomic mass is 14.8. The van der Waals surface area contributed by atoms with E-state index in [9.17, 15) is 0 Å². The number of hydrogen-bond acceptors (Lipinski definition) is 4. The van der Waals surface area contributed by atoms with Crippen LogP contribution in [0.3, 0.4) is 0 Å². The fourth-order valence-corrected chi connectivity index (χ4v) is 3.26. The molecule has 1 aliphatic rings. The van der Waals surface area contributed by atoms with Crippen LogP contribution >= 0.6 is 0 Å². The van der Waals surface area contributed by atoms with Gasteiger partial charge in [0.05, 0.1) is 11.4 Å². The normalized spacial score (nSPS) is 18.6. The number of aromatic nitrogens is 2. The molecule has 2 heterocycles. The maximum absolute atomic E-state index is 6.12. The number of nitrogen functional groups attached to an aromatic ring is 1. The van der Waals surface area contributed by atoms with Gasteiger partial charge in [0.15, 0.2) is 0 Å². The van der Waals surface area contributed by atoms with E-state index >= 15 is 0 Å². The molecule has 0 radical (unpaired) electrons. The van der Waals surface area contributed by atoms with Gasteiger partial charge in [0, 0.05) is 23.6 Å². The van der Waals surface area contributed by atoms with Crippen molar-refractivity contribution in [2.75, 3.05) is 5.73 Å². The van der Waals surface area contributed by atoms with Crippen molar-refractivity contribution in [1.82, 2.24) is 9.97 Å². The summed E-state index contributed by atoms with van der Waals surface area (Å²) in [6, 6.07) is 15.8. The van der Waals surface area contributed by atoms with E-state index in [4.69, 9.17) is 11.5 Å². The molecule has 4 heteroatoms. The molecular weight excluding hydrogens is 380 g/mol. The number of pyridine rings is 2. The van der Waals surface area contributed by atoms with E-state index in [1.54, 1.807) is 0 Å². The Hall–Kier alpha value is -3.76. The fraction of sp³-hybridized carbons (Fsp3) is 0.111. The van der Waals surface area contributed by atoms with E-state index in [-0.39, 0.29) is 5.54 Å². The van der Waals surface area contributed by atoms with Gasteiger partial charge in [-0.1, -0.05) is 54.7 Å². The van der Waals surface area contributed by atoms with Gasteiger partial charge < -0.3 is 11.5 Å². The number of nitrogens with zero attached hydrogens (tertiary/aromatic N) is 2. The molecule has 0 spiro atoms. The summed E-state index contributed by atoms with van der Waals surface area (Å²) in [6.45, 7) is 2.03. The topological polar surface area (TPSA) is 77.8 Å². The quantitative estimate of drug-likeness (QED) is 0.548. The summed E-state index contributed by atoms with van der Waals surface area (Å²) in [5, 5.41) is 0. The lowest BCUT2D eigenvalue weighted by molar-refractivity contribution is 0.587. The van der Waals surface area contributed by atoms with Gasteiger partial charge in [-0.15, -0.1) is 0 Å². The standard InChI is InChI=1S/C27H26N4/c1-27(29)14-10-21(11-15-27)3-5-23-13-17-31-26(19-23)25-18-22(12-16-30-25)4-2-20-6-8-24(28)9-7-20/h2-14,16-19H,15,28-29H2,1H3/b4-2+,5-3+. The highest BCUT2D eigenvalue weighted by Crippen LogP contribution is 2.21. The molecule has 31 heavy (non-hydrogen) atoms. The molecule has 1 atom stereocenters. The predicted molar refractivity (Wildman–Crippen MR) is 131 cm³/mol. The second-order valence-corrected chi connectivity index (χ2v) is 8.03. The predicted octanol–water partition coefficient (Wildman–Crippen LogP) is 5.51. The molecule has 0 amide bonds. The number of nitrogens with two attached hydrogens (primary N) is 2. The highest BCUT2D eigenvalue weighted by Gasteiger charge is 2.15. The number of rotatable bonds is 5. The summed E-state index contributed by atoms with van der Waals surface area (Å²) in [7, 11) is 0. The smallest absolute Gasteiger partial charge is 0.0892 e. The van der Waals surface area contributed by atoms with Crippen molar-refractivity contribution in [2.24, 2.45) is 5.73 Å². The number of anilines is 1. The van der Waals surface area contributed by atoms with Crippen LogP contribution in [0.5, 0.6) is 0 Å². The maximum Gasteiger partial charge on any atom is 0.0892 e. The van der Waals surface area contributed by atoms with Crippen LogP contribution in [0, 0.1) is 0 Å². The zero-order valence-corrected chi connectivity index (χ0v) is 17.6. The van der Waals surface area contributed by atoms with Crippen LogP contribution in [-0.2, 0) is 0 Å². The minimum absolute atomic E-state index is 0.250. The molecule has 4 nitrogen and oxygen atoms in total. The van der Waals surface area contributed by atoms with Crippen LogP contribution in [0.4, 0.5) is 5.69 Å². The molecule has 0 saturated heterocycles. The van der Waals surface area contributed by atoms with E-state index in [0.717, 1.165) is 45.8 Å². The molecule has 1 unspecified atom stereocenters. The number of hydrogen-bond donors (Lipinski definition) is 2. The van der Waals surface area contributed by atoms with Crippen LogP contribution in [0.25, 0.3) is 29.6 Å². The summed E-state index contributed by atoms with van der Waals surface area (Å²) in [5.41, 5.74) is 18.5. The fourth-order valence-electron chi connectivity index (χ4n) is 3.26. The Morgan fingerprint density at radius 2 is 1.39 bits per heavy atom. The minimum Gasteiger partial charge on any atom is -0.399 e. The Morgan fingerprint density at radius 3 is 1.97 bits per heavy atom. The molecule has 1 aliphatic carbocycles. The van der Waals surface area contributed by atoms with Crippen LogP contribution in [0.2, 0.25) is 0 Å². The second kappa shape index (κ2) is 8.94. The minimum atomic E-state index is -0.250. The Bertz CT molecular complexity index is 1180. The van der Waals surface area contributed by atoms with E-state index in [2.05, 4.69) is 52.5 Å². The molecule has 4 N–H and O–H groups in total. The first kappa shape index (κ1) is 20.5. The average Bonchev–Trinajstić information content (AvgIpc) is 2.78. The molecule has 0 fully saturated rings. The zero-order chi connectivity index (χ0) is 21.7. The summed E-state index contributed by atoms with van der Waals surface area (Å²) >= 11 is 0. The summed E-state index contributed by atoms with van der Waals surface area (Å²) in [5.74, 6) is 0. The van der Waals surface area contributed by atoms with Gasteiger partial charge in [0.25, 0.3) is 0 Å². The second-order valence-electron chi connectivity index (χ2n) is 8.03. The molecule has 3 aromatic rings. The van der Waals surface area contributed by atoms with Crippen LogP contribution in [0.1, 0.15) is 30.0 Å². The van der Waals surface area contributed by atoms with Gasteiger partial charge in [-0.25, -0.2) is 0 Å². The lowest BCUT2D eigenvalue weighted by Crippen LogP contribution is -2.33. The lowest BCUT2D eigenvalue weighted by Gasteiger charge is -2.21. The van der Waals surface area contributed by atoms with Gasteiger partial charge in [-0.3, -0.25) is 9.97 Å². The SMILES string of the molecule is CC1(N)C=CC(/C=C/c2ccnc(-c3cc(/C=C/c4ccc(N)cc4)ccn3)c2)=CC1. The molecule has 2 aromatic heterocycles. The van der Waals surface area contributed by atoms with Crippen LogP contribution in [0.15, 0.2) is 90.8 Å². The molecular formula is C27H26N4. The lowest BCUT2D eigenvalue weighted by atomic mass is 9.91. The van der Waals surface area contributed by atoms with Gasteiger partial charge in [0.2, 0.25) is 0 Å². The Labute approximate surface area is 183 Å². The zero-order valence-electron chi connectivity index (χ0n) is 17.6. The third kappa shape index (κ3) is 5.65. The third-order valence-corrected chi connectivity index (χ3v) is 5.14. The van der Waals surface area contributed by atoms with Crippen molar-refractivity contribution in [2.45, 2.75) is 18.9 Å². The molecule has 0 saturated carbocycles. The first-order chi connectivity index (χ1) is 15.0. The first-order valence-corrected chi connectivity index (χ1v) is 10.3. The monoisotopic (exact) mass is 406 g/mol. The molecule has 4 rings (SSSR count). The van der Waals surface area contributed by atoms with Gasteiger partial charge >= 0.3 is 0 Å².